The van der Waals surface area contributed by atoms with Crippen molar-refractivity contribution >= 4 is 29.0 Å². The molecule has 1 atom stereocenters. The minimum Gasteiger partial charge on any atom is -0.494 e. The minimum absolute atomic E-state index is 0.105. The van der Waals surface area contributed by atoms with Gasteiger partial charge in [0.15, 0.2) is 0 Å². The first-order valence-electron chi connectivity index (χ1n) is 5.87. The van der Waals surface area contributed by atoms with E-state index in [1.54, 1.807) is 11.8 Å². The Morgan fingerprint density at radius 2 is 2.30 bits per heavy atom. The summed E-state index contributed by atoms with van der Waals surface area (Å²) in [6.45, 7) is 0. The first kappa shape index (κ1) is 16.3. The topological polar surface area (TPSA) is 107 Å². The molecule has 1 amide bonds. The maximum Gasteiger partial charge on any atom is 0.273 e. The van der Waals surface area contributed by atoms with Gasteiger partial charge in [-0.3, -0.25) is 14.9 Å². The van der Waals surface area contributed by atoms with E-state index in [0.29, 0.717) is 12.1 Å². The third-order valence-corrected chi connectivity index (χ3v) is 3.27. The molecule has 0 radical (unpaired) electrons. The Balaban J connectivity index is 2.81. The predicted molar refractivity (Wildman–Crippen MR) is 79.3 cm³/mol. The number of benzene rings is 1. The van der Waals surface area contributed by atoms with Crippen molar-refractivity contribution < 1.29 is 14.5 Å². The third-order valence-electron chi connectivity index (χ3n) is 2.62. The molecule has 0 aliphatic rings. The fourth-order valence-corrected chi connectivity index (χ4v) is 1.99. The molecule has 20 heavy (non-hydrogen) atoms. The Morgan fingerprint density at radius 3 is 2.85 bits per heavy atom. The first-order chi connectivity index (χ1) is 9.49. The van der Waals surface area contributed by atoms with Crippen molar-refractivity contribution in [3.63, 3.8) is 0 Å². The summed E-state index contributed by atoms with van der Waals surface area (Å²) in [6, 6.07) is 3.35. The van der Waals surface area contributed by atoms with Gasteiger partial charge >= 0.3 is 0 Å². The van der Waals surface area contributed by atoms with E-state index < -0.39 is 11.0 Å². The highest BCUT2D eigenvalue weighted by Gasteiger charge is 2.17. The number of nitrogens with two attached hydrogens (primary N) is 1. The molecule has 0 spiro atoms. The highest BCUT2D eigenvalue weighted by atomic mass is 32.2. The average molecular weight is 299 g/mol. The van der Waals surface area contributed by atoms with Crippen LogP contribution < -0.4 is 15.8 Å². The van der Waals surface area contributed by atoms with Crippen LogP contribution in [0, 0.1) is 10.1 Å². The van der Waals surface area contributed by atoms with Crippen LogP contribution >= 0.6 is 11.8 Å². The number of ether oxygens (including phenoxy) is 1. The van der Waals surface area contributed by atoms with Gasteiger partial charge in [0.05, 0.1) is 29.8 Å². The largest absolute Gasteiger partial charge is 0.494 e. The molecule has 3 N–H and O–H groups in total. The molecular weight excluding hydrogens is 282 g/mol. The van der Waals surface area contributed by atoms with Crippen LogP contribution in [-0.4, -0.2) is 36.0 Å². The van der Waals surface area contributed by atoms with E-state index in [1.807, 2.05) is 6.26 Å². The lowest BCUT2D eigenvalue weighted by molar-refractivity contribution is -0.384. The minimum atomic E-state index is -0.623. The summed E-state index contributed by atoms with van der Waals surface area (Å²) >= 11 is 1.61. The summed E-state index contributed by atoms with van der Waals surface area (Å²) in [6.07, 6.45) is 2.49. The quantitative estimate of drug-likeness (QED) is 0.585. The number of nitrogens with zero attached hydrogens (tertiary/aromatic N) is 1. The predicted octanol–water partition coefficient (Wildman–Crippen LogP) is 1.62. The lowest BCUT2D eigenvalue weighted by Gasteiger charge is -2.13. The summed E-state index contributed by atoms with van der Waals surface area (Å²) in [5, 5.41) is 13.3. The molecule has 1 aromatic rings. The van der Waals surface area contributed by atoms with Gasteiger partial charge in [0.2, 0.25) is 5.91 Å². The fraction of sp³-hybridized carbons (Fsp3) is 0.417. The van der Waals surface area contributed by atoms with Crippen molar-refractivity contribution in [3.05, 3.63) is 28.3 Å². The zero-order chi connectivity index (χ0) is 15.1. The summed E-state index contributed by atoms with van der Waals surface area (Å²) in [5.41, 5.74) is 6.00. The highest BCUT2D eigenvalue weighted by molar-refractivity contribution is 7.98. The van der Waals surface area contributed by atoms with Crippen molar-refractivity contribution in [1.29, 1.82) is 0 Å². The van der Waals surface area contributed by atoms with Crippen LogP contribution in [0.15, 0.2) is 18.2 Å². The second-order valence-electron chi connectivity index (χ2n) is 4.02. The summed E-state index contributed by atoms with van der Waals surface area (Å²) in [7, 11) is 1.38. The fourth-order valence-electron chi connectivity index (χ4n) is 1.50. The zero-order valence-corrected chi connectivity index (χ0v) is 12.1. The number of nitro groups is 1. The second kappa shape index (κ2) is 7.71. The molecule has 0 aromatic heterocycles. The van der Waals surface area contributed by atoms with E-state index in [1.165, 1.54) is 25.3 Å². The Bertz CT molecular complexity index is 496. The molecular formula is C12H17N3O4S. The molecule has 0 heterocycles. The van der Waals surface area contributed by atoms with E-state index in [-0.39, 0.29) is 17.3 Å². The van der Waals surface area contributed by atoms with Crippen LogP contribution in [0.3, 0.4) is 0 Å². The normalized spacial score (nSPS) is 11.8. The van der Waals surface area contributed by atoms with Gasteiger partial charge in [-0.15, -0.1) is 0 Å². The van der Waals surface area contributed by atoms with Crippen molar-refractivity contribution in [2.24, 2.45) is 5.73 Å². The maximum absolute atomic E-state index is 11.9. The average Bonchev–Trinajstić information content (AvgIpc) is 2.44. The van der Waals surface area contributed by atoms with E-state index >= 15 is 0 Å². The monoisotopic (exact) mass is 299 g/mol. The van der Waals surface area contributed by atoms with Crippen LogP contribution in [-0.2, 0) is 4.79 Å². The molecule has 110 valence electrons. The SMILES string of the molecule is COc1cc([N+](=O)[O-])ccc1NC(=O)[C@H](N)CCSC. The van der Waals surface area contributed by atoms with E-state index in [2.05, 4.69) is 5.32 Å². The summed E-state index contributed by atoms with van der Waals surface area (Å²) in [5.74, 6) is 0.669. The van der Waals surface area contributed by atoms with Crippen LogP contribution in [0.1, 0.15) is 6.42 Å². The van der Waals surface area contributed by atoms with Crippen molar-refractivity contribution in [2.45, 2.75) is 12.5 Å². The standard InChI is InChI=1S/C12H17N3O4S/c1-19-11-7-8(15(17)18)3-4-10(11)14-12(16)9(13)5-6-20-2/h3-4,7,9H,5-6,13H2,1-2H3,(H,14,16)/t9-/m1/s1. The number of hydrogen-bond donors (Lipinski definition) is 2. The first-order valence-corrected chi connectivity index (χ1v) is 7.26. The molecule has 0 bridgehead atoms. The number of nitrogens with one attached hydrogen (secondary N) is 1. The molecule has 0 saturated carbocycles. The van der Waals surface area contributed by atoms with Crippen molar-refractivity contribution in [2.75, 3.05) is 24.4 Å². The number of carbonyl (C=O) groups is 1. The lowest BCUT2D eigenvalue weighted by Crippen LogP contribution is -2.36. The molecule has 0 unspecified atom stereocenters. The number of carbonyl (C=O) groups excluding carboxylic acids is 1. The highest BCUT2D eigenvalue weighted by Crippen LogP contribution is 2.29. The maximum atomic E-state index is 11.9. The number of anilines is 1. The molecule has 7 nitrogen and oxygen atoms in total. The molecule has 0 fully saturated rings. The molecule has 0 saturated heterocycles. The molecule has 1 aromatic carbocycles. The third kappa shape index (κ3) is 4.39. The Labute approximate surface area is 121 Å². The van der Waals surface area contributed by atoms with Crippen LogP contribution in [0.25, 0.3) is 0 Å². The summed E-state index contributed by atoms with van der Waals surface area (Å²) in [4.78, 5) is 22.0. The van der Waals surface area contributed by atoms with Gasteiger partial charge in [-0.05, 0) is 24.5 Å². The molecule has 0 aliphatic heterocycles. The number of non-ortho nitro benzene ring substituents is 1. The van der Waals surface area contributed by atoms with Crippen LogP contribution in [0.2, 0.25) is 0 Å². The van der Waals surface area contributed by atoms with Gasteiger partial charge < -0.3 is 15.8 Å². The summed E-state index contributed by atoms with van der Waals surface area (Å²) < 4.78 is 5.03. The van der Waals surface area contributed by atoms with Gasteiger partial charge in [-0.1, -0.05) is 0 Å². The van der Waals surface area contributed by atoms with Crippen molar-refractivity contribution in [1.82, 2.24) is 0 Å². The number of thioether (sulfide) groups is 1. The Kier molecular flexibility index (Phi) is 6.26. The van der Waals surface area contributed by atoms with Gasteiger partial charge in [-0.2, -0.15) is 11.8 Å². The van der Waals surface area contributed by atoms with E-state index in [4.69, 9.17) is 10.5 Å². The van der Waals surface area contributed by atoms with E-state index in [0.717, 1.165) is 5.75 Å². The van der Waals surface area contributed by atoms with Gasteiger partial charge in [0.1, 0.15) is 5.75 Å². The van der Waals surface area contributed by atoms with Gasteiger partial charge in [-0.25, -0.2) is 0 Å². The number of hydrogen-bond acceptors (Lipinski definition) is 6. The van der Waals surface area contributed by atoms with Crippen LogP contribution in [0.5, 0.6) is 5.75 Å². The Morgan fingerprint density at radius 1 is 1.60 bits per heavy atom. The Hall–Kier alpha value is -1.80. The second-order valence-corrected chi connectivity index (χ2v) is 5.00. The van der Waals surface area contributed by atoms with Gasteiger partial charge in [0.25, 0.3) is 5.69 Å². The zero-order valence-electron chi connectivity index (χ0n) is 11.3. The number of methoxy groups -OCH3 is 1. The van der Waals surface area contributed by atoms with Gasteiger partial charge in [0, 0.05) is 6.07 Å². The van der Waals surface area contributed by atoms with Crippen molar-refractivity contribution in [3.8, 4) is 5.75 Å². The number of nitro benzene ring substituents is 1. The smallest absolute Gasteiger partial charge is 0.273 e. The van der Waals surface area contributed by atoms with Crippen LogP contribution in [0.4, 0.5) is 11.4 Å². The van der Waals surface area contributed by atoms with E-state index in [9.17, 15) is 14.9 Å². The molecule has 1 rings (SSSR count). The molecule has 8 heteroatoms. The molecule has 0 aliphatic carbocycles. The number of amides is 1. The lowest BCUT2D eigenvalue weighted by atomic mass is 10.2. The number of rotatable bonds is 7.